The predicted octanol–water partition coefficient (Wildman–Crippen LogP) is 2.98. The molecule has 2 N–H and O–H groups in total. The zero-order valence-corrected chi connectivity index (χ0v) is 13.8. The van der Waals surface area contributed by atoms with Crippen molar-refractivity contribution < 1.29 is 0 Å². The molecule has 2 fully saturated rings. The van der Waals surface area contributed by atoms with Crippen LogP contribution in [0.5, 0.6) is 0 Å². The van der Waals surface area contributed by atoms with Crippen molar-refractivity contribution in [2.75, 3.05) is 19.6 Å². The first kappa shape index (κ1) is 15.0. The Balaban J connectivity index is 1.69. The summed E-state index contributed by atoms with van der Waals surface area (Å²) in [5, 5.41) is 0. The van der Waals surface area contributed by atoms with Gasteiger partial charge in [-0.05, 0) is 50.1 Å². The Bertz CT molecular complexity index is 461. The summed E-state index contributed by atoms with van der Waals surface area (Å²) in [6.07, 6.45) is 9.21. The van der Waals surface area contributed by atoms with Crippen LogP contribution in [0.15, 0.2) is 12.5 Å². The number of rotatable bonds is 4. The Labute approximate surface area is 128 Å². The van der Waals surface area contributed by atoms with Gasteiger partial charge in [0.25, 0.3) is 0 Å². The topological polar surface area (TPSA) is 47.1 Å². The average molecular weight is 290 g/mol. The van der Waals surface area contributed by atoms with E-state index in [1.54, 1.807) is 0 Å². The number of nitrogens with zero attached hydrogens (tertiary/aromatic N) is 3. The molecule has 0 amide bonds. The second-order valence-corrected chi connectivity index (χ2v) is 7.88. The second-order valence-electron chi connectivity index (χ2n) is 7.88. The first-order valence-corrected chi connectivity index (χ1v) is 8.46. The third-order valence-corrected chi connectivity index (χ3v) is 5.40. The minimum atomic E-state index is 0.342. The molecule has 1 aliphatic carbocycles. The summed E-state index contributed by atoms with van der Waals surface area (Å²) in [6, 6.07) is 1.03. The molecule has 1 unspecified atom stereocenters. The van der Waals surface area contributed by atoms with Gasteiger partial charge in [-0.15, -0.1) is 0 Å². The van der Waals surface area contributed by atoms with Crippen LogP contribution < -0.4 is 5.73 Å². The summed E-state index contributed by atoms with van der Waals surface area (Å²) in [4.78, 5) is 6.96. The second kappa shape index (κ2) is 5.73. The SMILES string of the molecule is CC(C)(C)C1CCN(C(CN)c2cncn2C2CC2)CC1. The lowest BCUT2D eigenvalue weighted by Gasteiger charge is -2.41. The summed E-state index contributed by atoms with van der Waals surface area (Å²) < 4.78 is 2.37. The maximum Gasteiger partial charge on any atom is 0.0951 e. The molecule has 21 heavy (non-hydrogen) atoms. The quantitative estimate of drug-likeness (QED) is 0.927. The molecule has 1 saturated carbocycles. The van der Waals surface area contributed by atoms with E-state index < -0.39 is 0 Å². The van der Waals surface area contributed by atoms with Gasteiger partial charge < -0.3 is 10.3 Å². The zero-order valence-electron chi connectivity index (χ0n) is 13.8. The van der Waals surface area contributed by atoms with Crippen molar-refractivity contribution in [1.29, 1.82) is 0 Å². The summed E-state index contributed by atoms with van der Waals surface area (Å²) >= 11 is 0. The molecule has 1 aromatic heterocycles. The maximum absolute atomic E-state index is 6.12. The number of nitrogens with two attached hydrogens (primary N) is 1. The maximum atomic E-state index is 6.12. The highest BCUT2D eigenvalue weighted by molar-refractivity contribution is 5.10. The van der Waals surface area contributed by atoms with Crippen LogP contribution in [0.4, 0.5) is 0 Å². The van der Waals surface area contributed by atoms with Gasteiger partial charge in [0.2, 0.25) is 0 Å². The fourth-order valence-electron chi connectivity index (χ4n) is 3.76. The van der Waals surface area contributed by atoms with Gasteiger partial charge in [-0.1, -0.05) is 20.8 Å². The Hall–Kier alpha value is -0.870. The van der Waals surface area contributed by atoms with Crippen LogP contribution in [0.25, 0.3) is 0 Å². The van der Waals surface area contributed by atoms with Crippen molar-refractivity contribution in [3.63, 3.8) is 0 Å². The third kappa shape index (κ3) is 3.16. The van der Waals surface area contributed by atoms with Gasteiger partial charge in [0.15, 0.2) is 0 Å². The number of hydrogen-bond donors (Lipinski definition) is 1. The summed E-state index contributed by atoms with van der Waals surface area (Å²) in [7, 11) is 0. The molecule has 1 aromatic rings. The van der Waals surface area contributed by atoms with Crippen molar-refractivity contribution in [1.82, 2.24) is 14.5 Å². The van der Waals surface area contributed by atoms with E-state index in [2.05, 4.69) is 35.2 Å². The normalized spacial score (nSPS) is 23.4. The number of imidazole rings is 1. The lowest BCUT2D eigenvalue weighted by atomic mass is 9.75. The monoisotopic (exact) mass is 290 g/mol. The smallest absolute Gasteiger partial charge is 0.0951 e. The first-order valence-electron chi connectivity index (χ1n) is 8.46. The Morgan fingerprint density at radius 1 is 1.24 bits per heavy atom. The largest absolute Gasteiger partial charge is 0.330 e. The highest BCUT2D eigenvalue weighted by Crippen LogP contribution is 2.39. The van der Waals surface area contributed by atoms with Gasteiger partial charge >= 0.3 is 0 Å². The molecule has 118 valence electrons. The molecule has 2 aliphatic rings. The zero-order chi connectivity index (χ0) is 15.0. The fraction of sp³-hybridized carbons (Fsp3) is 0.824. The number of likely N-dealkylation sites (tertiary alicyclic amines) is 1. The van der Waals surface area contributed by atoms with Crippen molar-refractivity contribution in [2.45, 2.75) is 58.5 Å². The van der Waals surface area contributed by atoms with Gasteiger partial charge in [-0.25, -0.2) is 4.98 Å². The highest BCUT2D eigenvalue weighted by atomic mass is 15.2. The molecular formula is C17H30N4. The molecule has 3 rings (SSSR count). The van der Waals surface area contributed by atoms with E-state index in [4.69, 9.17) is 5.73 Å². The van der Waals surface area contributed by atoms with E-state index >= 15 is 0 Å². The van der Waals surface area contributed by atoms with E-state index in [1.165, 1.54) is 44.5 Å². The van der Waals surface area contributed by atoms with Crippen LogP contribution in [0.2, 0.25) is 0 Å². The van der Waals surface area contributed by atoms with E-state index in [9.17, 15) is 0 Å². The summed E-state index contributed by atoms with van der Waals surface area (Å²) in [5.74, 6) is 0.834. The van der Waals surface area contributed by atoms with Crippen molar-refractivity contribution in [3.8, 4) is 0 Å². The van der Waals surface area contributed by atoms with Crippen molar-refractivity contribution in [3.05, 3.63) is 18.2 Å². The van der Waals surface area contributed by atoms with Gasteiger partial charge in [0.1, 0.15) is 0 Å². The molecule has 1 atom stereocenters. The molecule has 0 bridgehead atoms. The minimum Gasteiger partial charge on any atom is -0.330 e. The molecule has 1 saturated heterocycles. The van der Waals surface area contributed by atoms with E-state index in [1.807, 2.05) is 12.5 Å². The molecule has 1 aliphatic heterocycles. The molecule has 4 heteroatoms. The van der Waals surface area contributed by atoms with Crippen molar-refractivity contribution in [2.24, 2.45) is 17.1 Å². The molecule has 4 nitrogen and oxygen atoms in total. The molecule has 0 aromatic carbocycles. The van der Waals surface area contributed by atoms with Crippen LogP contribution in [0.1, 0.15) is 64.2 Å². The first-order chi connectivity index (χ1) is 10.0. The Morgan fingerprint density at radius 3 is 2.43 bits per heavy atom. The lowest BCUT2D eigenvalue weighted by molar-refractivity contribution is 0.0821. The summed E-state index contributed by atoms with van der Waals surface area (Å²) in [6.45, 7) is 10.1. The Morgan fingerprint density at radius 2 is 1.90 bits per heavy atom. The number of piperidine rings is 1. The van der Waals surface area contributed by atoms with Crippen LogP contribution in [0.3, 0.4) is 0 Å². The van der Waals surface area contributed by atoms with E-state index in [-0.39, 0.29) is 0 Å². The van der Waals surface area contributed by atoms with Crippen LogP contribution in [-0.2, 0) is 0 Å². The van der Waals surface area contributed by atoms with Gasteiger partial charge in [-0.2, -0.15) is 0 Å². The molecule has 0 radical (unpaired) electrons. The summed E-state index contributed by atoms with van der Waals surface area (Å²) in [5.41, 5.74) is 7.88. The number of hydrogen-bond acceptors (Lipinski definition) is 3. The van der Waals surface area contributed by atoms with Gasteiger partial charge in [0.05, 0.1) is 18.1 Å². The van der Waals surface area contributed by atoms with Crippen LogP contribution >= 0.6 is 0 Å². The molecule has 0 spiro atoms. The highest BCUT2D eigenvalue weighted by Gasteiger charge is 2.34. The third-order valence-electron chi connectivity index (χ3n) is 5.40. The minimum absolute atomic E-state index is 0.342. The Kier molecular flexibility index (Phi) is 4.10. The lowest BCUT2D eigenvalue weighted by Crippen LogP contribution is -2.42. The molecule has 2 heterocycles. The van der Waals surface area contributed by atoms with Crippen LogP contribution in [-0.4, -0.2) is 34.1 Å². The molecular weight excluding hydrogens is 260 g/mol. The predicted molar refractivity (Wildman–Crippen MR) is 86.0 cm³/mol. The van der Waals surface area contributed by atoms with Crippen LogP contribution in [0, 0.1) is 11.3 Å². The standard InChI is InChI=1S/C17H30N4/c1-17(2,3)13-6-8-20(9-7-13)15(10-18)16-11-19-12-21(16)14-4-5-14/h11-15H,4-10,18H2,1-3H3. The number of aromatic nitrogens is 2. The van der Waals surface area contributed by atoms with E-state index in [0.29, 0.717) is 24.0 Å². The van der Waals surface area contributed by atoms with Gasteiger partial charge in [0, 0.05) is 18.8 Å². The fourth-order valence-corrected chi connectivity index (χ4v) is 3.76. The average Bonchev–Trinajstić information content (AvgIpc) is 3.19. The van der Waals surface area contributed by atoms with E-state index in [0.717, 1.165) is 5.92 Å². The van der Waals surface area contributed by atoms with Gasteiger partial charge in [-0.3, -0.25) is 4.90 Å². The van der Waals surface area contributed by atoms with Crippen molar-refractivity contribution >= 4 is 0 Å².